The molecule has 4 aliphatic rings. The zero-order valence-corrected chi connectivity index (χ0v) is 16.2. The molecule has 4 aliphatic carbocycles. The lowest BCUT2D eigenvalue weighted by atomic mass is 9.45. The Labute approximate surface area is 155 Å². The summed E-state index contributed by atoms with van der Waals surface area (Å²) >= 11 is 0. The van der Waals surface area contributed by atoms with Crippen LogP contribution in [0.1, 0.15) is 59.8 Å². The molecule has 4 nitrogen and oxygen atoms in total. The highest BCUT2D eigenvalue weighted by Crippen LogP contribution is 2.67. The van der Waals surface area contributed by atoms with Crippen molar-refractivity contribution in [2.24, 2.45) is 34.5 Å². The van der Waals surface area contributed by atoms with Gasteiger partial charge in [0.15, 0.2) is 11.6 Å². The van der Waals surface area contributed by atoms with Crippen LogP contribution in [0.2, 0.25) is 0 Å². The van der Waals surface area contributed by atoms with Crippen molar-refractivity contribution in [1.82, 2.24) is 0 Å². The van der Waals surface area contributed by atoms with E-state index < -0.39 is 16.4 Å². The first-order valence-corrected chi connectivity index (χ1v) is 9.96. The molecule has 26 heavy (non-hydrogen) atoms. The Hall–Kier alpha value is -1.42. The third kappa shape index (κ3) is 1.94. The number of aliphatic hydroxyl groups is 2. The van der Waals surface area contributed by atoms with Gasteiger partial charge in [-0.05, 0) is 81.3 Å². The molecule has 0 aliphatic heterocycles. The molecule has 0 heterocycles. The third-order valence-corrected chi connectivity index (χ3v) is 8.76. The number of carbonyl (C=O) groups is 2. The summed E-state index contributed by atoms with van der Waals surface area (Å²) in [6.45, 7) is 7.80. The van der Waals surface area contributed by atoms with Crippen molar-refractivity contribution in [3.05, 3.63) is 23.5 Å². The average Bonchev–Trinajstić information content (AvgIpc) is 2.83. The Bertz CT molecular complexity index is 749. The fourth-order valence-corrected chi connectivity index (χ4v) is 7.29. The first kappa shape index (κ1) is 18.0. The number of fused-ring (bicyclic) bond motifs is 5. The largest absolute Gasteiger partial charge is 0.508 e. The summed E-state index contributed by atoms with van der Waals surface area (Å²) < 4.78 is 0. The summed E-state index contributed by atoms with van der Waals surface area (Å²) in [5, 5.41) is 21.2. The van der Waals surface area contributed by atoms with Gasteiger partial charge in [-0.15, -0.1) is 0 Å². The van der Waals surface area contributed by atoms with E-state index in [-0.39, 0.29) is 35.1 Å². The van der Waals surface area contributed by atoms with Crippen LogP contribution in [0.5, 0.6) is 0 Å². The van der Waals surface area contributed by atoms with E-state index in [0.717, 1.165) is 31.3 Å². The quantitative estimate of drug-likeness (QED) is 0.749. The normalized spacial score (nSPS) is 50.3. The van der Waals surface area contributed by atoms with Gasteiger partial charge in [0.1, 0.15) is 11.4 Å². The van der Waals surface area contributed by atoms with Crippen molar-refractivity contribution in [2.75, 3.05) is 0 Å². The molecule has 0 amide bonds. The Morgan fingerprint density at radius 1 is 1.15 bits per heavy atom. The molecule has 0 spiro atoms. The number of allylic oxidation sites excluding steroid dienone is 3. The standard InChI is InChI=1S/C22H30O4/c1-12-9-15-16-6-8-22(26,13(2)23)20(16,3)7-5-17(15)21(4)18(12)10-14(24)11-19(21)25/h10-12,15-17,24,26H,5-9H2,1-4H3/t12?,15-,16-,17-,20-,21+,22-/m0/s1. The predicted octanol–water partition coefficient (Wildman–Crippen LogP) is 3.75. The summed E-state index contributed by atoms with van der Waals surface area (Å²) in [6.07, 6.45) is 7.15. The molecular weight excluding hydrogens is 328 g/mol. The van der Waals surface area contributed by atoms with E-state index in [9.17, 15) is 19.8 Å². The lowest BCUT2D eigenvalue weighted by Gasteiger charge is -2.59. The molecule has 0 aromatic rings. The number of aliphatic hydroxyl groups excluding tert-OH is 1. The lowest BCUT2D eigenvalue weighted by Crippen LogP contribution is -2.58. The highest BCUT2D eigenvalue weighted by molar-refractivity contribution is 5.99. The molecule has 3 fully saturated rings. The van der Waals surface area contributed by atoms with Crippen molar-refractivity contribution in [1.29, 1.82) is 0 Å². The first-order chi connectivity index (χ1) is 12.1. The van der Waals surface area contributed by atoms with E-state index in [4.69, 9.17) is 0 Å². The average molecular weight is 358 g/mol. The Morgan fingerprint density at radius 2 is 1.81 bits per heavy atom. The van der Waals surface area contributed by atoms with Crippen LogP contribution in [-0.4, -0.2) is 27.4 Å². The maximum Gasteiger partial charge on any atom is 0.169 e. The molecule has 0 saturated heterocycles. The minimum atomic E-state index is -1.22. The summed E-state index contributed by atoms with van der Waals surface area (Å²) in [5.41, 5.74) is -1.12. The third-order valence-electron chi connectivity index (χ3n) is 8.76. The fourth-order valence-electron chi connectivity index (χ4n) is 7.29. The second-order valence-corrected chi connectivity index (χ2v) is 9.66. The molecule has 1 unspecified atom stereocenters. The number of carbonyl (C=O) groups excluding carboxylic acids is 2. The van der Waals surface area contributed by atoms with Gasteiger partial charge in [-0.1, -0.05) is 13.8 Å². The van der Waals surface area contributed by atoms with Crippen molar-refractivity contribution < 1.29 is 19.8 Å². The van der Waals surface area contributed by atoms with E-state index >= 15 is 0 Å². The monoisotopic (exact) mass is 358 g/mol. The summed E-state index contributed by atoms with van der Waals surface area (Å²) in [7, 11) is 0. The van der Waals surface area contributed by atoms with Crippen LogP contribution in [-0.2, 0) is 9.59 Å². The Balaban J connectivity index is 1.77. The van der Waals surface area contributed by atoms with Crippen molar-refractivity contribution >= 4 is 11.6 Å². The SMILES string of the molecule is CC(=O)[C@@]1(O)CC[C@H]2[C@@H]3CC(C)C4=CC(O)=CC(=O)[C@]4(C)[C@H]3CC[C@@]21C. The van der Waals surface area contributed by atoms with E-state index in [1.54, 1.807) is 6.08 Å². The topological polar surface area (TPSA) is 74.6 Å². The predicted molar refractivity (Wildman–Crippen MR) is 98.4 cm³/mol. The van der Waals surface area contributed by atoms with Crippen LogP contribution >= 0.6 is 0 Å². The Kier molecular flexibility index (Phi) is 3.67. The van der Waals surface area contributed by atoms with Gasteiger partial charge in [0.25, 0.3) is 0 Å². The smallest absolute Gasteiger partial charge is 0.169 e. The maximum atomic E-state index is 13.0. The van der Waals surface area contributed by atoms with E-state index in [0.29, 0.717) is 12.3 Å². The number of Topliss-reactive ketones (excluding diaryl/α,β-unsaturated/α-hetero) is 1. The van der Waals surface area contributed by atoms with Crippen LogP contribution in [0, 0.1) is 34.5 Å². The molecule has 0 aromatic carbocycles. The molecule has 142 valence electrons. The number of hydrogen-bond donors (Lipinski definition) is 2. The molecule has 3 saturated carbocycles. The first-order valence-electron chi connectivity index (χ1n) is 9.96. The highest BCUT2D eigenvalue weighted by atomic mass is 16.3. The molecule has 0 aromatic heterocycles. The van der Waals surface area contributed by atoms with Gasteiger partial charge in [0.05, 0.1) is 5.41 Å². The number of ketones is 2. The highest BCUT2D eigenvalue weighted by Gasteiger charge is 2.66. The van der Waals surface area contributed by atoms with Gasteiger partial charge in [0, 0.05) is 11.5 Å². The van der Waals surface area contributed by atoms with E-state index in [1.165, 1.54) is 13.0 Å². The Morgan fingerprint density at radius 3 is 2.46 bits per heavy atom. The van der Waals surface area contributed by atoms with Gasteiger partial charge < -0.3 is 10.2 Å². The summed E-state index contributed by atoms with van der Waals surface area (Å²) in [6, 6.07) is 0. The van der Waals surface area contributed by atoms with Gasteiger partial charge in [-0.2, -0.15) is 0 Å². The van der Waals surface area contributed by atoms with Crippen molar-refractivity contribution in [3.8, 4) is 0 Å². The van der Waals surface area contributed by atoms with Gasteiger partial charge in [0.2, 0.25) is 0 Å². The van der Waals surface area contributed by atoms with Crippen LogP contribution in [0.25, 0.3) is 0 Å². The van der Waals surface area contributed by atoms with E-state index in [2.05, 4.69) is 13.8 Å². The van der Waals surface area contributed by atoms with Crippen molar-refractivity contribution in [3.63, 3.8) is 0 Å². The zero-order chi connectivity index (χ0) is 19.1. The number of rotatable bonds is 1. The molecular formula is C22H30O4. The van der Waals surface area contributed by atoms with Crippen LogP contribution < -0.4 is 0 Å². The van der Waals surface area contributed by atoms with Gasteiger partial charge in [-0.25, -0.2) is 0 Å². The molecule has 0 bridgehead atoms. The van der Waals surface area contributed by atoms with Gasteiger partial charge in [-0.3, -0.25) is 9.59 Å². The van der Waals surface area contributed by atoms with E-state index in [1.807, 2.05) is 6.92 Å². The summed E-state index contributed by atoms with van der Waals surface area (Å²) in [5.74, 6) is 1.000. The van der Waals surface area contributed by atoms with Crippen LogP contribution in [0.3, 0.4) is 0 Å². The lowest BCUT2D eigenvalue weighted by molar-refractivity contribution is -0.162. The van der Waals surface area contributed by atoms with Crippen LogP contribution in [0.4, 0.5) is 0 Å². The maximum absolute atomic E-state index is 13.0. The molecule has 7 atom stereocenters. The minimum Gasteiger partial charge on any atom is -0.508 e. The second-order valence-electron chi connectivity index (χ2n) is 9.66. The van der Waals surface area contributed by atoms with Gasteiger partial charge >= 0.3 is 0 Å². The zero-order valence-electron chi connectivity index (χ0n) is 16.2. The summed E-state index contributed by atoms with van der Waals surface area (Å²) in [4.78, 5) is 25.3. The second kappa shape index (κ2) is 5.31. The minimum absolute atomic E-state index is 0.0116. The molecule has 0 radical (unpaired) electrons. The van der Waals surface area contributed by atoms with Crippen molar-refractivity contribution in [2.45, 2.75) is 65.4 Å². The molecule has 2 N–H and O–H groups in total. The fraction of sp³-hybridized carbons (Fsp3) is 0.727. The van der Waals surface area contributed by atoms with Crippen LogP contribution in [0.15, 0.2) is 23.5 Å². The number of hydrogen-bond acceptors (Lipinski definition) is 4. The molecule has 4 heteroatoms. The molecule has 4 rings (SSSR count).